The summed E-state index contributed by atoms with van der Waals surface area (Å²) in [4.78, 5) is 0. The van der Waals surface area contributed by atoms with E-state index in [0.29, 0.717) is 17.6 Å². The highest BCUT2D eigenvalue weighted by Gasteiger charge is 2.22. The van der Waals surface area contributed by atoms with Crippen LogP contribution in [0.1, 0.15) is 43.0 Å². The monoisotopic (exact) mass is 359 g/mol. The molecule has 1 aliphatic carbocycles. The number of hydrogen-bond acceptors (Lipinski definition) is 6. The zero-order chi connectivity index (χ0) is 17.2. The summed E-state index contributed by atoms with van der Waals surface area (Å²) in [6.45, 7) is 1.96. The normalized spacial score (nSPS) is 15.1. The molecule has 2 aromatic heterocycles. The molecule has 0 spiro atoms. The topological polar surface area (TPSA) is 69.6 Å². The molecule has 0 amide bonds. The summed E-state index contributed by atoms with van der Waals surface area (Å²) in [6.07, 6.45) is 4.74. The van der Waals surface area contributed by atoms with Gasteiger partial charge in [-0.15, -0.1) is 5.10 Å². The highest BCUT2D eigenvalue weighted by atomic mass is 32.2. The minimum atomic E-state index is -0.268. The smallest absolute Gasteiger partial charge is 0.209 e. The van der Waals surface area contributed by atoms with E-state index in [0.717, 1.165) is 34.8 Å². The third-order valence-electron chi connectivity index (χ3n) is 4.60. The lowest BCUT2D eigenvalue weighted by atomic mass is 10.1. The lowest BCUT2D eigenvalue weighted by molar-refractivity contribution is 0.422. The van der Waals surface area contributed by atoms with E-state index in [2.05, 4.69) is 20.7 Å². The van der Waals surface area contributed by atoms with Gasteiger partial charge in [0, 0.05) is 16.9 Å². The van der Waals surface area contributed by atoms with Gasteiger partial charge in [0.25, 0.3) is 0 Å². The Bertz CT molecular complexity index is 854. The minimum absolute atomic E-state index is 0.268. The Hall–Kier alpha value is -2.22. The molecule has 130 valence electrons. The largest absolute Gasteiger partial charge is 0.356 e. The Morgan fingerprint density at radius 1 is 1.24 bits per heavy atom. The van der Waals surface area contributed by atoms with Crippen LogP contribution in [0, 0.1) is 12.7 Å². The van der Waals surface area contributed by atoms with Gasteiger partial charge >= 0.3 is 0 Å². The van der Waals surface area contributed by atoms with Gasteiger partial charge in [0.2, 0.25) is 5.16 Å². The quantitative estimate of drug-likeness (QED) is 0.637. The van der Waals surface area contributed by atoms with Crippen LogP contribution in [0.3, 0.4) is 0 Å². The number of tetrazole rings is 1. The number of hydrogen-bond donors (Lipinski definition) is 0. The van der Waals surface area contributed by atoms with Crippen LogP contribution in [0.15, 0.2) is 33.9 Å². The summed E-state index contributed by atoms with van der Waals surface area (Å²) < 4.78 is 20.5. The van der Waals surface area contributed by atoms with Crippen LogP contribution in [0.25, 0.3) is 11.3 Å². The summed E-state index contributed by atoms with van der Waals surface area (Å²) in [6, 6.07) is 6.63. The predicted molar refractivity (Wildman–Crippen MR) is 91.5 cm³/mol. The van der Waals surface area contributed by atoms with Crippen molar-refractivity contribution in [2.24, 2.45) is 0 Å². The minimum Gasteiger partial charge on any atom is -0.356 e. The molecule has 25 heavy (non-hydrogen) atoms. The van der Waals surface area contributed by atoms with E-state index in [1.165, 1.54) is 25.0 Å². The molecule has 0 saturated heterocycles. The second kappa shape index (κ2) is 6.95. The van der Waals surface area contributed by atoms with Gasteiger partial charge in [0.15, 0.2) is 5.76 Å². The van der Waals surface area contributed by atoms with Crippen molar-refractivity contribution < 1.29 is 8.91 Å². The molecule has 0 atom stereocenters. The number of nitrogens with zero attached hydrogens (tertiary/aromatic N) is 5. The zero-order valence-electron chi connectivity index (χ0n) is 13.9. The van der Waals surface area contributed by atoms with Crippen molar-refractivity contribution in [2.75, 3.05) is 0 Å². The summed E-state index contributed by atoms with van der Waals surface area (Å²) >= 11 is 1.56. The van der Waals surface area contributed by atoms with Gasteiger partial charge in [-0.2, -0.15) is 0 Å². The highest BCUT2D eigenvalue weighted by molar-refractivity contribution is 7.98. The van der Waals surface area contributed by atoms with E-state index in [1.807, 2.05) is 11.6 Å². The van der Waals surface area contributed by atoms with Crippen molar-refractivity contribution in [1.82, 2.24) is 25.4 Å². The van der Waals surface area contributed by atoms with Crippen LogP contribution in [-0.4, -0.2) is 25.4 Å². The maximum atomic E-state index is 13.1. The molecule has 0 aliphatic heterocycles. The molecular weight excluding hydrogens is 341 g/mol. The molecule has 1 fully saturated rings. The molecule has 0 N–H and O–H groups in total. The molecule has 4 rings (SSSR count). The Balaban J connectivity index is 1.49. The SMILES string of the molecule is Cc1c(CSc2nnnn2C2CCCC2)noc1-c1ccc(F)cc1. The van der Waals surface area contributed by atoms with Crippen LogP contribution in [0.5, 0.6) is 0 Å². The number of aromatic nitrogens is 5. The molecule has 0 radical (unpaired) electrons. The Kier molecular flexibility index (Phi) is 4.52. The van der Waals surface area contributed by atoms with Crippen molar-refractivity contribution >= 4 is 11.8 Å². The molecule has 1 saturated carbocycles. The van der Waals surface area contributed by atoms with Crippen molar-refractivity contribution in [2.45, 2.75) is 49.6 Å². The van der Waals surface area contributed by atoms with Crippen molar-refractivity contribution in [1.29, 1.82) is 0 Å². The van der Waals surface area contributed by atoms with Gasteiger partial charge in [-0.1, -0.05) is 29.8 Å². The van der Waals surface area contributed by atoms with Crippen LogP contribution >= 0.6 is 11.8 Å². The van der Waals surface area contributed by atoms with E-state index in [1.54, 1.807) is 23.9 Å². The predicted octanol–water partition coefficient (Wildman–Crippen LogP) is 4.18. The van der Waals surface area contributed by atoms with Gasteiger partial charge in [-0.3, -0.25) is 0 Å². The fraction of sp³-hybridized carbons (Fsp3) is 0.412. The van der Waals surface area contributed by atoms with Crippen molar-refractivity contribution in [3.63, 3.8) is 0 Å². The number of benzene rings is 1. The van der Waals surface area contributed by atoms with Crippen LogP contribution < -0.4 is 0 Å². The summed E-state index contributed by atoms with van der Waals surface area (Å²) in [5.74, 6) is 1.03. The van der Waals surface area contributed by atoms with E-state index in [4.69, 9.17) is 4.52 Å². The number of halogens is 1. The standard InChI is InChI=1S/C17H18FN5OS/c1-11-15(20-24-16(11)12-6-8-13(18)9-7-12)10-25-17-19-21-22-23(17)14-4-2-3-5-14/h6-9,14H,2-5,10H2,1H3. The second-order valence-electron chi connectivity index (χ2n) is 6.22. The summed E-state index contributed by atoms with van der Waals surface area (Å²) in [5.41, 5.74) is 2.63. The average Bonchev–Trinajstić information content (AvgIpc) is 3.34. The Morgan fingerprint density at radius 3 is 2.76 bits per heavy atom. The molecule has 1 aliphatic rings. The van der Waals surface area contributed by atoms with Gasteiger partial charge in [-0.05, 0) is 54.5 Å². The van der Waals surface area contributed by atoms with Gasteiger partial charge < -0.3 is 4.52 Å². The molecule has 2 heterocycles. The van der Waals surface area contributed by atoms with Gasteiger partial charge in [0.05, 0.1) is 11.7 Å². The third kappa shape index (κ3) is 3.30. The van der Waals surface area contributed by atoms with Crippen LogP contribution in [0.4, 0.5) is 4.39 Å². The molecule has 8 heteroatoms. The summed E-state index contributed by atoms with van der Waals surface area (Å²) in [7, 11) is 0. The fourth-order valence-electron chi connectivity index (χ4n) is 3.17. The first-order chi connectivity index (χ1) is 12.2. The fourth-order valence-corrected chi connectivity index (χ4v) is 4.11. The molecule has 6 nitrogen and oxygen atoms in total. The number of rotatable bonds is 5. The first-order valence-corrected chi connectivity index (χ1v) is 9.32. The molecule has 0 unspecified atom stereocenters. The molecule has 3 aromatic rings. The number of thioether (sulfide) groups is 1. The van der Waals surface area contributed by atoms with E-state index >= 15 is 0 Å². The van der Waals surface area contributed by atoms with E-state index in [-0.39, 0.29) is 5.82 Å². The van der Waals surface area contributed by atoms with E-state index < -0.39 is 0 Å². The van der Waals surface area contributed by atoms with Gasteiger partial charge in [-0.25, -0.2) is 9.07 Å². The van der Waals surface area contributed by atoms with Gasteiger partial charge in [0.1, 0.15) is 5.82 Å². The molecular formula is C17H18FN5OS. The molecule has 1 aromatic carbocycles. The lowest BCUT2D eigenvalue weighted by Gasteiger charge is -2.10. The maximum absolute atomic E-state index is 13.1. The third-order valence-corrected chi connectivity index (χ3v) is 5.54. The maximum Gasteiger partial charge on any atom is 0.209 e. The second-order valence-corrected chi connectivity index (χ2v) is 7.17. The van der Waals surface area contributed by atoms with Crippen molar-refractivity contribution in [3.05, 3.63) is 41.3 Å². The first kappa shape index (κ1) is 16.3. The first-order valence-electron chi connectivity index (χ1n) is 8.34. The highest BCUT2D eigenvalue weighted by Crippen LogP contribution is 2.33. The average molecular weight is 359 g/mol. The Labute approximate surface area is 148 Å². The van der Waals surface area contributed by atoms with Crippen LogP contribution in [0.2, 0.25) is 0 Å². The molecule has 0 bridgehead atoms. The summed E-state index contributed by atoms with van der Waals surface area (Å²) in [5, 5.41) is 17.1. The Morgan fingerprint density at radius 2 is 2.00 bits per heavy atom. The zero-order valence-corrected chi connectivity index (χ0v) is 14.7. The van der Waals surface area contributed by atoms with E-state index in [9.17, 15) is 4.39 Å². The lowest BCUT2D eigenvalue weighted by Crippen LogP contribution is -2.08. The van der Waals surface area contributed by atoms with Crippen molar-refractivity contribution in [3.8, 4) is 11.3 Å². The van der Waals surface area contributed by atoms with Crippen LogP contribution in [-0.2, 0) is 5.75 Å².